The summed E-state index contributed by atoms with van der Waals surface area (Å²) in [4.78, 5) is 0. The number of aryl methyl sites for hydroxylation is 2. The Kier molecular flexibility index (Phi) is 3.19. The van der Waals surface area contributed by atoms with E-state index in [0.29, 0.717) is 10.2 Å². The summed E-state index contributed by atoms with van der Waals surface area (Å²) in [6, 6.07) is 5.16. The number of benzene rings is 1. The number of aromatic nitrogens is 2. The molecule has 2 rings (SSSR count). The van der Waals surface area contributed by atoms with Gasteiger partial charge in [-0.05, 0) is 41.9 Å². The molecule has 0 aliphatic carbocycles. The molecule has 0 radical (unpaired) electrons. The summed E-state index contributed by atoms with van der Waals surface area (Å²) in [6.45, 7) is 3.84. The number of hydrogen-bond donors (Lipinski definition) is 1. The lowest BCUT2D eigenvalue weighted by molar-refractivity contribution is 0.625. The molecule has 90 valence electrons. The summed E-state index contributed by atoms with van der Waals surface area (Å²) in [5, 5.41) is 7.36. The number of nitrogens with zero attached hydrogens (tertiary/aromatic N) is 2. The number of nitrogens with one attached hydrogen (secondary N) is 1. The van der Waals surface area contributed by atoms with Crippen LogP contribution in [-0.2, 0) is 7.05 Å². The molecule has 17 heavy (non-hydrogen) atoms. The fourth-order valence-electron chi connectivity index (χ4n) is 1.69. The fourth-order valence-corrected chi connectivity index (χ4v) is 2.06. The molecule has 0 bridgehead atoms. The number of halogens is 2. The molecule has 1 aromatic heterocycles. The third-order valence-electron chi connectivity index (χ3n) is 2.72. The van der Waals surface area contributed by atoms with Crippen LogP contribution in [-0.4, -0.2) is 9.78 Å². The monoisotopic (exact) mass is 297 g/mol. The van der Waals surface area contributed by atoms with E-state index in [1.54, 1.807) is 22.9 Å². The Balaban J connectivity index is 2.41. The Morgan fingerprint density at radius 1 is 1.35 bits per heavy atom. The van der Waals surface area contributed by atoms with Crippen LogP contribution in [0.15, 0.2) is 22.7 Å². The van der Waals surface area contributed by atoms with E-state index in [0.717, 1.165) is 17.1 Å². The first-order valence-electron chi connectivity index (χ1n) is 5.22. The highest BCUT2D eigenvalue weighted by molar-refractivity contribution is 9.10. The third-order valence-corrected chi connectivity index (χ3v) is 3.33. The first kappa shape index (κ1) is 12.1. The SMILES string of the molecule is Cc1nn(C)c(C)c1Nc1cccc(Br)c1F. The fraction of sp³-hybridized carbons (Fsp3) is 0.250. The maximum Gasteiger partial charge on any atom is 0.160 e. The summed E-state index contributed by atoms with van der Waals surface area (Å²) in [5.41, 5.74) is 3.12. The predicted molar refractivity (Wildman–Crippen MR) is 70.1 cm³/mol. The standard InChI is InChI=1S/C12H13BrFN3/c1-7-12(8(2)17(3)16-7)15-10-6-4-5-9(13)11(10)14/h4-6,15H,1-3H3. The summed E-state index contributed by atoms with van der Waals surface area (Å²) in [5.74, 6) is -0.296. The first-order valence-corrected chi connectivity index (χ1v) is 6.01. The Hall–Kier alpha value is -1.36. The molecule has 0 saturated carbocycles. The molecular weight excluding hydrogens is 285 g/mol. The normalized spacial score (nSPS) is 10.6. The van der Waals surface area contributed by atoms with E-state index in [1.165, 1.54) is 0 Å². The second-order valence-electron chi connectivity index (χ2n) is 3.90. The molecule has 2 aromatic rings. The van der Waals surface area contributed by atoms with Gasteiger partial charge in [0.05, 0.1) is 27.2 Å². The maximum absolute atomic E-state index is 13.8. The maximum atomic E-state index is 13.8. The molecule has 1 N–H and O–H groups in total. The average molecular weight is 298 g/mol. The second kappa shape index (κ2) is 4.49. The van der Waals surface area contributed by atoms with Crippen molar-refractivity contribution in [3.8, 4) is 0 Å². The summed E-state index contributed by atoms with van der Waals surface area (Å²) in [6.07, 6.45) is 0. The van der Waals surface area contributed by atoms with Gasteiger partial charge in [0.25, 0.3) is 0 Å². The highest BCUT2D eigenvalue weighted by atomic mass is 79.9. The van der Waals surface area contributed by atoms with Gasteiger partial charge in [-0.1, -0.05) is 6.07 Å². The summed E-state index contributed by atoms with van der Waals surface area (Å²) < 4.78 is 16.0. The van der Waals surface area contributed by atoms with Crippen LogP contribution in [0.1, 0.15) is 11.4 Å². The van der Waals surface area contributed by atoms with Crippen molar-refractivity contribution in [1.29, 1.82) is 0 Å². The van der Waals surface area contributed by atoms with Crippen LogP contribution in [0.5, 0.6) is 0 Å². The predicted octanol–water partition coefficient (Wildman–Crippen LogP) is 3.68. The van der Waals surface area contributed by atoms with Gasteiger partial charge in [0.2, 0.25) is 0 Å². The van der Waals surface area contributed by atoms with Crippen LogP contribution in [0.2, 0.25) is 0 Å². The lowest BCUT2D eigenvalue weighted by Crippen LogP contribution is -1.97. The van der Waals surface area contributed by atoms with Gasteiger partial charge in [-0.25, -0.2) is 4.39 Å². The van der Waals surface area contributed by atoms with E-state index in [4.69, 9.17) is 0 Å². The van der Waals surface area contributed by atoms with Gasteiger partial charge in [-0.3, -0.25) is 4.68 Å². The quantitative estimate of drug-likeness (QED) is 0.916. The van der Waals surface area contributed by atoms with Crippen molar-refractivity contribution in [2.75, 3.05) is 5.32 Å². The van der Waals surface area contributed by atoms with Gasteiger partial charge in [-0.2, -0.15) is 5.10 Å². The van der Waals surface area contributed by atoms with Crippen LogP contribution >= 0.6 is 15.9 Å². The zero-order valence-electron chi connectivity index (χ0n) is 9.88. The highest BCUT2D eigenvalue weighted by Gasteiger charge is 2.12. The summed E-state index contributed by atoms with van der Waals surface area (Å²) >= 11 is 3.17. The van der Waals surface area contributed by atoms with Crippen molar-refractivity contribution in [3.05, 3.63) is 39.9 Å². The molecule has 0 spiro atoms. The van der Waals surface area contributed by atoms with E-state index in [-0.39, 0.29) is 5.82 Å². The van der Waals surface area contributed by atoms with Gasteiger partial charge < -0.3 is 5.32 Å². The van der Waals surface area contributed by atoms with Crippen molar-refractivity contribution >= 4 is 27.3 Å². The van der Waals surface area contributed by atoms with E-state index < -0.39 is 0 Å². The number of rotatable bonds is 2. The molecule has 0 atom stereocenters. The average Bonchev–Trinajstić information content (AvgIpc) is 2.51. The van der Waals surface area contributed by atoms with Crippen LogP contribution in [0, 0.1) is 19.7 Å². The lowest BCUT2D eigenvalue weighted by Gasteiger charge is -2.08. The van der Waals surface area contributed by atoms with Gasteiger partial charge in [0.15, 0.2) is 5.82 Å². The van der Waals surface area contributed by atoms with Crippen LogP contribution in [0.25, 0.3) is 0 Å². The van der Waals surface area contributed by atoms with Crippen molar-refractivity contribution in [2.45, 2.75) is 13.8 Å². The van der Waals surface area contributed by atoms with Crippen molar-refractivity contribution in [2.24, 2.45) is 7.05 Å². The molecule has 0 fully saturated rings. The largest absolute Gasteiger partial charge is 0.350 e. The smallest absolute Gasteiger partial charge is 0.160 e. The topological polar surface area (TPSA) is 29.9 Å². The molecule has 1 aromatic carbocycles. The van der Waals surface area contributed by atoms with Crippen LogP contribution in [0.3, 0.4) is 0 Å². The Morgan fingerprint density at radius 2 is 2.06 bits per heavy atom. The minimum Gasteiger partial charge on any atom is -0.350 e. The Bertz CT molecular complexity index is 563. The van der Waals surface area contributed by atoms with Gasteiger partial charge in [-0.15, -0.1) is 0 Å². The number of hydrogen-bond acceptors (Lipinski definition) is 2. The molecular formula is C12H13BrFN3. The molecule has 0 aliphatic rings. The van der Waals surface area contributed by atoms with Crippen molar-refractivity contribution < 1.29 is 4.39 Å². The van der Waals surface area contributed by atoms with Gasteiger partial charge >= 0.3 is 0 Å². The first-order chi connectivity index (χ1) is 8.00. The highest BCUT2D eigenvalue weighted by Crippen LogP contribution is 2.28. The second-order valence-corrected chi connectivity index (χ2v) is 4.75. The zero-order chi connectivity index (χ0) is 12.6. The summed E-state index contributed by atoms with van der Waals surface area (Å²) in [7, 11) is 1.87. The Morgan fingerprint density at radius 3 is 2.65 bits per heavy atom. The minimum absolute atomic E-state index is 0.296. The molecule has 0 unspecified atom stereocenters. The zero-order valence-corrected chi connectivity index (χ0v) is 11.5. The molecule has 0 aliphatic heterocycles. The Labute approximate surface area is 108 Å². The lowest BCUT2D eigenvalue weighted by atomic mass is 10.2. The van der Waals surface area contributed by atoms with Crippen LogP contribution in [0.4, 0.5) is 15.8 Å². The molecule has 1 heterocycles. The van der Waals surface area contributed by atoms with E-state index in [2.05, 4.69) is 26.3 Å². The van der Waals surface area contributed by atoms with Gasteiger partial charge in [0.1, 0.15) is 0 Å². The third kappa shape index (κ3) is 2.20. The molecule has 3 nitrogen and oxygen atoms in total. The van der Waals surface area contributed by atoms with Gasteiger partial charge in [0, 0.05) is 7.05 Å². The molecule has 0 amide bonds. The number of anilines is 2. The van der Waals surface area contributed by atoms with Crippen molar-refractivity contribution in [3.63, 3.8) is 0 Å². The van der Waals surface area contributed by atoms with Crippen molar-refractivity contribution in [1.82, 2.24) is 9.78 Å². The van der Waals surface area contributed by atoms with E-state index in [9.17, 15) is 4.39 Å². The van der Waals surface area contributed by atoms with E-state index >= 15 is 0 Å². The minimum atomic E-state index is -0.296. The van der Waals surface area contributed by atoms with E-state index in [1.807, 2.05) is 20.9 Å². The van der Waals surface area contributed by atoms with Crippen LogP contribution < -0.4 is 5.32 Å². The molecule has 5 heteroatoms. The molecule has 0 saturated heterocycles.